The van der Waals surface area contributed by atoms with Gasteiger partial charge in [-0.2, -0.15) is 9.78 Å². The summed E-state index contributed by atoms with van der Waals surface area (Å²) in [5, 5.41) is 13.1. The Morgan fingerprint density at radius 2 is 2.00 bits per heavy atom. The number of benzene rings is 1. The molecule has 0 unspecified atom stereocenters. The van der Waals surface area contributed by atoms with E-state index in [2.05, 4.69) is 31.4 Å². The van der Waals surface area contributed by atoms with Crippen molar-refractivity contribution in [1.29, 1.82) is 0 Å². The third-order valence-corrected chi connectivity index (χ3v) is 5.16. The first-order valence-electron chi connectivity index (χ1n) is 10.2. The van der Waals surface area contributed by atoms with Crippen molar-refractivity contribution >= 4 is 11.2 Å². The lowest BCUT2D eigenvalue weighted by Gasteiger charge is -2.22. The van der Waals surface area contributed by atoms with E-state index in [-0.39, 0.29) is 0 Å². The largest absolute Gasteiger partial charge is 0.491 e. The quantitative estimate of drug-likeness (QED) is 0.420. The standard InChI is InChI=1S/C21H22N7O3/c1-29-12-13-31-17-4-2-16(3-5-17)28-21-19(24-26-28)14-22-20(23-21)18-6-9-27(25-18)15-7-10-30-11-8-15/h2-5,9,14-15H,7-8,10-13H2,1H3. The maximum Gasteiger partial charge on any atom is 0.187 e. The predicted molar refractivity (Wildman–Crippen MR) is 111 cm³/mol. The van der Waals surface area contributed by atoms with Gasteiger partial charge in [0.25, 0.3) is 0 Å². The summed E-state index contributed by atoms with van der Waals surface area (Å²) in [6.07, 6.45) is 5.40. The molecule has 1 saturated heterocycles. The number of aromatic nitrogens is 7. The number of fused-ring (bicyclic) bond motifs is 1. The molecule has 0 saturated carbocycles. The lowest BCUT2D eigenvalue weighted by molar-refractivity contribution is 0.0663. The van der Waals surface area contributed by atoms with E-state index < -0.39 is 0 Å². The van der Waals surface area contributed by atoms with Crippen LogP contribution >= 0.6 is 0 Å². The summed E-state index contributed by atoms with van der Waals surface area (Å²) in [6.45, 7) is 2.54. The second-order valence-corrected chi connectivity index (χ2v) is 7.18. The van der Waals surface area contributed by atoms with Gasteiger partial charge in [0.1, 0.15) is 18.1 Å². The lowest BCUT2D eigenvalue weighted by atomic mass is 10.1. The number of rotatable bonds is 7. The molecule has 0 aliphatic carbocycles. The zero-order valence-electron chi connectivity index (χ0n) is 17.1. The highest BCUT2D eigenvalue weighted by Crippen LogP contribution is 2.23. The minimum atomic E-state index is 0.319. The average molecular weight is 420 g/mol. The molecule has 159 valence electrons. The molecule has 0 bridgehead atoms. The molecule has 5 rings (SSSR count). The van der Waals surface area contributed by atoms with Crippen LogP contribution in [0, 0.1) is 6.07 Å². The minimum absolute atomic E-state index is 0.319. The third kappa shape index (κ3) is 4.12. The fourth-order valence-corrected chi connectivity index (χ4v) is 3.49. The van der Waals surface area contributed by atoms with E-state index in [1.807, 2.05) is 35.1 Å². The van der Waals surface area contributed by atoms with Crippen molar-refractivity contribution in [2.24, 2.45) is 0 Å². The highest BCUT2D eigenvalue weighted by Gasteiger charge is 2.18. The maximum absolute atomic E-state index is 5.62. The smallest absolute Gasteiger partial charge is 0.187 e. The summed E-state index contributed by atoms with van der Waals surface area (Å²) in [5.74, 6) is 1.25. The normalized spacial score (nSPS) is 14.9. The van der Waals surface area contributed by atoms with Crippen LogP contribution in [0.5, 0.6) is 5.75 Å². The van der Waals surface area contributed by atoms with Crippen LogP contribution in [0.1, 0.15) is 18.9 Å². The molecular formula is C21H22N7O3. The van der Waals surface area contributed by atoms with Crippen molar-refractivity contribution in [2.45, 2.75) is 18.9 Å². The molecule has 1 aliphatic rings. The number of nitrogens with zero attached hydrogens (tertiary/aromatic N) is 7. The average Bonchev–Trinajstić information content (AvgIpc) is 3.48. The van der Waals surface area contributed by atoms with Crippen molar-refractivity contribution < 1.29 is 14.2 Å². The minimum Gasteiger partial charge on any atom is -0.491 e. The number of ether oxygens (including phenoxy) is 3. The Kier molecular flexibility index (Phi) is 5.55. The molecular weight excluding hydrogens is 398 g/mol. The Hall–Kier alpha value is -3.37. The van der Waals surface area contributed by atoms with E-state index >= 15 is 0 Å². The summed E-state index contributed by atoms with van der Waals surface area (Å²) in [7, 11) is 1.64. The van der Waals surface area contributed by atoms with Gasteiger partial charge in [0.05, 0.1) is 24.5 Å². The molecule has 0 spiro atoms. The molecule has 0 amide bonds. The zero-order chi connectivity index (χ0) is 21.0. The van der Waals surface area contributed by atoms with Crippen LogP contribution in [0.15, 0.2) is 36.7 Å². The van der Waals surface area contributed by atoms with Crippen LogP contribution in [0.4, 0.5) is 0 Å². The fraction of sp³-hybridized carbons (Fsp3) is 0.381. The topological polar surface area (TPSA) is 102 Å². The van der Waals surface area contributed by atoms with Crippen molar-refractivity contribution in [3.05, 3.63) is 42.7 Å². The zero-order valence-corrected chi connectivity index (χ0v) is 17.1. The maximum atomic E-state index is 5.62. The first-order valence-corrected chi connectivity index (χ1v) is 10.2. The first-order chi connectivity index (χ1) is 15.3. The van der Waals surface area contributed by atoms with Gasteiger partial charge in [-0.15, -0.1) is 5.10 Å². The first kappa shape index (κ1) is 19.6. The van der Waals surface area contributed by atoms with E-state index in [0.717, 1.165) is 37.5 Å². The van der Waals surface area contributed by atoms with Gasteiger partial charge in [0, 0.05) is 32.6 Å². The Labute approximate surface area is 178 Å². The van der Waals surface area contributed by atoms with E-state index in [1.54, 1.807) is 18.0 Å². The monoisotopic (exact) mass is 420 g/mol. The van der Waals surface area contributed by atoms with Crippen LogP contribution in [-0.2, 0) is 9.47 Å². The van der Waals surface area contributed by atoms with E-state index in [4.69, 9.17) is 14.2 Å². The van der Waals surface area contributed by atoms with Gasteiger partial charge in [0.15, 0.2) is 17.0 Å². The van der Waals surface area contributed by atoms with Crippen LogP contribution in [0.2, 0.25) is 0 Å². The van der Waals surface area contributed by atoms with Gasteiger partial charge in [0.2, 0.25) is 0 Å². The fourth-order valence-electron chi connectivity index (χ4n) is 3.49. The highest BCUT2D eigenvalue weighted by molar-refractivity contribution is 5.72. The van der Waals surface area contributed by atoms with Crippen molar-refractivity contribution in [3.63, 3.8) is 0 Å². The summed E-state index contributed by atoms with van der Waals surface area (Å²) in [5.41, 5.74) is 2.63. The van der Waals surface area contributed by atoms with Gasteiger partial charge in [-0.1, -0.05) is 5.21 Å². The molecule has 0 atom stereocenters. The van der Waals surface area contributed by atoms with Gasteiger partial charge in [-0.05, 0) is 37.1 Å². The second kappa shape index (κ2) is 8.78. The van der Waals surface area contributed by atoms with Crippen LogP contribution in [0.25, 0.3) is 28.4 Å². The number of hydrogen-bond acceptors (Lipinski definition) is 8. The molecule has 4 heterocycles. The molecule has 1 radical (unpaired) electrons. The molecule has 1 aliphatic heterocycles. The second-order valence-electron chi connectivity index (χ2n) is 7.18. The molecule has 3 aromatic heterocycles. The molecule has 0 N–H and O–H groups in total. The Morgan fingerprint density at radius 1 is 1.16 bits per heavy atom. The molecule has 4 aromatic rings. The molecule has 31 heavy (non-hydrogen) atoms. The summed E-state index contributed by atoms with van der Waals surface area (Å²) in [6, 6.07) is 11.1. The Morgan fingerprint density at radius 3 is 2.81 bits per heavy atom. The van der Waals surface area contributed by atoms with Gasteiger partial charge < -0.3 is 14.2 Å². The SMILES string of the molecule is COCCOc1ccc(-n2nnc3cnc(-c4[c]cn(C5CCOCC5)n4)nc32)cc1. The van der Waals surface area contributed by atoms with E-state index in [1.165, 1.54) is 0 Å². The summed E-state index contributed by atoms with van der Waals surface area (Å²) < 4.78 is 19.7. The van der Waals surface area contributed by atoms with Gasteiger partial charge in [-0.3, -0.25) is 4.68 Å². The van der Waals surface area contributed by atoms with Crippen LogP contribution in [0.3, 0.4) is 0 Å². The predicted octanol–water partition coefficient (Wildman–Crippen LogP) is 2.25. The Balaban J connectivity index is 1.40. The molecule has 10 nitrogen and oxygen atoms in total. The highest BCUT2D eigenvalue weighted by atomic mass is 16.5. The molecule has 1 fully saturated rings. The van der Waals surface area contributed by atoms with Gasteiger partial charge >= 0.3 is 0 Å². The van der Waals surface area contributed by atoms with E-state index in [0.29, 0.717) is 41.9 Å². The molecule has 1 aromatic carbocycles. The number of methoxy groups -OCH3 is 1. The summed E-state index contributed by atoms with van der Waals surface area (Å²) in [4.78, 5) is 9.08. The van der Waals surface area contributed by atoms with Crippen molar-refractivity contribution in [3.8, 4) is 23.0 Å². The lowest BCUT2D eigenvalue weighted by Crippen LogP contribution is -2.19. The number of hydrogen-bond donors (Lipinski definition) is 0. The van der Waals surface area contributed by atoms with E-state index in [9.17, 15) is 0 Å². The van der Waals surface area contributed by atoms with Crippen LogP contribution < -0.4 is 4.74 Å². The van der Waals surface area contributed by atoms with Crippen molar-refractivity contribution in [2.75, 3.05) is 33.5 Å². The van der Waals surface area contributed by atoms with Crippen LogP contribution in [-0.4, -0.2) is 68.3 Å². The van der Waals surface area contributed by atoms with Crippen molar-refractivity contribution in [1.82, 2.24) is 34.7 Å². The molecule has 10 heteroatoms. The van der Waals surface area contributed by atoms with Gasteiger partial charge in [-0.25, -0.2) is 9.97 Å². The Bertz CT molecular complexity index is 1150. The third-order valence-electron chi connectivity index (χ3n) is 5.16. The summed E-state index contributed by atoms with van der Waals surface area (Å²) >= 11 is 0.